The van der Waals surface area contributed by atoms with Gasteiger partial charge in [-0.15, -0.1) is 11.3 Å². The summed E-state index contributed by atoms with van der Waals surface area (Å²) in [5.41, 5.74) is -1.48. The summed E-state index contributed by atoms with van der Waals surface area (Å²) in [5.74, 6) is -0.648. The average Bonchev–Trinajstić information content (AvgIpc) is 3.41. The highest BCUT2D eigenvalue weighted by Gasteiger charge is 2.38. The Morgan fingerprint density at radius 3 is 2.33 bits per heavy atom. The lowest BCUT2D eigenvalue weighted by atomic mass is 10.2. The van der Waals surface area contributed by atoms with Crippen molar-refractivity contribution in [3.8, 4) is 5.69 Å². The number of carbonyl (C=O) groups excluding carboxylic acids is 1. The van der Waals surface area contributed by atoms with E-state index in [4.69, 9.17) is 0 Å². The first kappa shape index (κ1) is 22.8. The lowest BCUT2D eigenvalue weighted by Crippen LogP contribution is -2.27. The van der Waals surface area contributed by atoms with Crippen molar-refractivity contribution in [1.29, 1.82) is 0 Å². The van der Waals surface area contributed by atoms with Crippen LogP contribution in [0.2, 0.25) is 0 Å². The topological polar surface area (TPSA) is 64.7 Å². The highest BCUT2D eigenvalue weighted by Crippen LogP contribution is 2.38. The van der Waals surface area contributed by atoms with Crippen molar-refractivity contribution in [3.63, 3.8) is 0 Å². The Hall–Kier alpha value is -3.35. The summed E-state index contributed by atoms with van der Waals surface area (Å²) in [7, 11) is 0. The quantitative estimate of drug-likeness (QED) is 0.401. The molecule has 13 heteroatoms. The van der Waals surface area contributed by atoms with E-state index in [1.807, 2.05) is 0 Å². The third kappa shape index (κ3) is 4.58. The van der Waals surface area contributed by atoms with Crippen LogP contribution in [0.25, 0.3) is 15.9 Å². The zero-order valence-electron chi connectivity index (χ0n) is 16.8. The number of hydrogen-bond acceptors (Lipinski definition) is 4. The van der Waals surface area contributed by atoms with Gasteiger partial charge in [0.25, 0.3) is 5.91 Å². The van der Waals surface area contributed by atoms with Crippen LogP contribution in [0.5, 0.6) is 0 Å². The highest BCUT2D eigenvalue weighted by atomic mass is 32.1. The van der Waals surface area contributed by atoms with E-state index >= 15 is 0 Å². The number of benzene rings is 1. The maximum Gasteiger partial charge on any atom is 0.435 e. The van der Waals surface area contributed by atoms with Crippen molar-refractivity contribution < 1.29 is 31.1 Å². The SMILES string of the molecule is Cc1cc(C(F)(F)F)nn1CCNC(=O)c1cc2c(C(F)(F)F)nn(-c3ccccc3)c2s1. The first-order valence-electron chi connectivity index (χ1n) is 9.50. The van der Waals surface area contributed by atoms with Crippen molar-refractivity contribution in [2.75, 3.05) is 6.54 Å². The third-order valence-electron chi connectivity index (χ3n) is 4.73. The standard InChI is InChI=1S/C20H15F6N5OS/c1-11-9-15(19(21,22)23)28-30(11)8-7-27-17(32)14-10-13-16(20(24,25)26)29-31(18(13)33-14)12-5-3-2-4-6-12/h2-6,9-10H,7-8H2,1H3,(H,27,32). The summed E-state index contributed by atoms with van der Waals surface area (Å²) in [6, 6.07) is 10.2. The minimum Gasteiger partial charge on any atom is -0.349 e. The number of aromatic nitrogens is 4. The van der Waals surface area contributed by atoms with Crippen LogP contribution in [-0.4, -0.2) is 32.0 Å². The summed E-state index contributed by atoms with van der Waals surface area (Å²) in [5, 5.41) is 9.46. The number of carbonyl (C=O) groups is 1. The van der Waals surface area contributed by atoms with Crippen LogP contribution < -0.4 is 5.32 Å². The van der Waals surface area contributed by atoms with E-state index < -0.39 is 29.6 Å². The number of aryl methyl sites for hydroxylation is 1. The van der Waals surface area contributed by atoms with Crippen molar-refractivity contribution in [3.05, 3.63) is 64.4 Å². The van der Waals surface area contributed by atoms with Crippen molar-refractivity contribution >= 4 is 27.5 Å². The molecule has 0 unspecified atom stereocenters. The molecule has 0 aliphatic heterocycles. The van der Waals surface area contributed by atoms with Gasteiger partial charge >= 0.3 is 12.4 Å². The highest BCUT2D eigenvalue weighted by molar-refractivity contribution is 7.20. The second-order valence-electron chi connectivity index (χ2n) is 7.07. The molecular weight excluding hydrogens is 472 g/mol. The van der Waals surface area contributed by atoms with Crippen molar-refractivity contribution in [2.24, 2.45) is 0 Å². The monoisotopic (exact) mass is 487 g/mol. The van der Waals surface area contributed by atoms with E-state index in [-0.39, 0.29) is 33.9 Å². The first-order valence-corrected chi connectivity index (χ1v) is 10.3. The molecule has 0 fully saturated rings. The summed E-state index contributed by atoms with van der Waals surface area (Å²) in [4.78, 5) is 12.7. The molecule has 4 aromatic rings. The van der Waals surface area contributed by atoms with Gasteiger partial charge in [-0.25, -0.2) is 4.68 Å². The molecule has 0 atom stereocenters. The molecular formula is C20H15F6N5OS. The zero-order valence-corrected chi connectivity index (χ0v) is 17.6. The fourth-order valence-electron chi connectivity index (χ4n) is 3.21. The molecule has 1 amide bonds. The molecule has 0 aliphatic carbocycles. The lowest BCUT2D eigenvalue weighted by Gasteiger charge is -2.06. The Morgan fingerprint density at radius 2 is 1.73 bits per heavy atom. The minimum absolute atomic E-state index is 0.0192. The molecule has 33 heavy (non-hydrogen) atoms. The maximum atomic E-state index is 13.5. The van der Waals surface area contributed by atoms with Crippen LogP contribution in [0.3, 0.4) is 0 Å². The maximum absolute atomic E-state index is 13.5. The molecule has 1 aromatic carbocycles. The Morgan fingerprint density at radius 1 is 1.03 bits per heavy atom. The second-order valence-corrected chi connectivity index (χ2v) is 8.10. The number of fused-ring (bicyclic) bond motifs is 1. The van der Waals surface area contributed by atoms with Gasteiger partial charge in [0.15, 0.2) is 11.4 Å². The van der Waals surface area contributed by atoms with Gasteiger partial charge in [0.1, 0.15) is 4.83 Å². The van der Waals surface area contributed by atoms with Gasteiger partial charge in [-0.1, -0.05) is 18.2 Å². The van der Waals surface area contributed by atoms with Crippen molar-refractivity contribution in [2.45, 2.75) is 25.8 Å². The number of halogens is 6. The van der Waals surface area contributed by atoms with Crippen LogP contribution in [0.15, 0.2) is 42.5 Å². The Kier molecular flexibility index (Phi) is 5.68. The van der Waals surface area contributed by atoms with Gasteiger partial charge < -0.3 is 5.32 Å². The number of alkyl halides is 6. The van der Waals surface area contributed by atoms with E-state index in [9.17, 15) is 31.1 Å². The summed E-state index contributed by atoms with van der Waals surface area (Å²) in [6.45, 7) is 1.35. The van der Waals surface area contributed by atoms with Gasteiger partial charge in [0, 0.05) is 17.6 Å². The van der Waals surface area contributed by atoms with Crippen molar-refractivity contribution in [1.82, 2.24) is 24.9 Å². The summed E-state index contributed by atoms with van der Waals surface area (Å²) >= 11 is 0.838. The molecule has 174 valence electrons. The van der Waals surface area contributed by atoms with Crippen LogP contribution in [0, 0.1) is 6.92 Å². The molecule has 6 nitrogen and oxygen atoms in total. The van der Waals surface area contributed by atoms with E-state index in [0.29, 0.717) is 5.69 Å². The number of rotatable bonds is 5. The number of nitrogens with zero attached hydrogens (tertiary/aromatic N) is 4. The van der Waals surface area contributed by atoms with E-state index in [2.05, 4.69) is 15.5 Å². The molecule has 0 aliphatic rings. The number of para-hydroxylation sites is 1. The number of thiophene rings is 1. The van der Waals surface area contributed by atoms with E-state index in [1.54, 1.807) is 30.3 Å². The van der Waals surface area contributed by atoms with Crippen LogP contribution in [0.1, 0.15) is 26.8 Å². The predicted octanol–water partition coefficient (Wildman–Crippen LogP) is 5.06. The average molecular weight is 487 g/mol. The van der Waals surface area contributed by atoms with Gasteiger partial charge in [0.2, 0.25) is 0 Å². The second kappa shape index (κ2) is 8.21. The predicted molar refractivity (Wildman–Crippen MR) is 108 cm³/mol. The molecule has 0 spiro atoms. The Bertz CT molecular complexity index is 1300. The van der Waals surface area contributed by atoms with E-state index in [0.717, 1.165) is 32.8 Å². The fraction of sp³-hybridized carbons (Fsp3) is 0.250. The van der Waals surface area contributed by atoms with Gasteiger partial charge in [-0.3, -0.25) is 9.48 Å². The molecule has 4 rings (SSSR count). The largest absolute Gasteiger partial charge is 0.435 e. The number of nitrogens with one attached hydrogen (secondary N) is 1. The van der Waals surface area contributed by atoms with E-state index in [1.165, 1.54) is 6.92 Å². The normalized spacial score (nSPS) is 12.5. The molecule has 0 bridgehead atoms. The molecule has 3 heterocycles. The number of hydrogen-bond donors (Lipinski definition) is 1. The van der Waals surface area contributed by atoms with Gasteiger partial charge in [-0.2, -0.15) is 36.5 Å². The molecule has 0 saturated carbocycles. The first-order chi connectivity index (χ1) is 15.4. The van der Waals surface area contributed by atoms with Crippen LogP contribution in [-0.2, 0) is 18.9 Å². The molecule has 1 N–H and O–H groups in total. The Balaban J connectivity index is 1.56. The molecule has 0 radical (unpaired) electrons. The zero-order chi connectivity index (χ0) is 24.0. The Labute approximate surface area is 186 Å². The van der Waals surface area contributed by atoms with Gasteiger partial charge in [-0.05, 0) is 31.2 Å². The van der Waals surface area contributed by atoms with Crippen LogP contribution in [0.4, 0.5) is 26.3 Å². The number of amides is 1. The fourth-order valence-corrected chi connectivity index (χ4v) is 4.26. The summed E-state index contributed by atoms with van der Waals surface area (Å²) < 4.78 is 81.1. The minimum atomic E-state index is -4.72. The lowest BCUT2D eigenvalue weighted by molar-refractivity contribution is -0.141. The van der Waals surface area contributed by atoms with Crippen LogP contribution >= 0.6 is 11.3 Å². The van der Waals surface area contributed by atoms with Gasteiger partial charge in [0.05, 0.1) is 17.1 Å². The smallest absolute Gasteiger partial charge is 0.349 e. The molecule has 0 saturated heterocycles. The third-order valence-corrected chi connectivity index (χ3v) is 5.84. The molecule has 3 aromatic heterocycles. The summed E-state index contributed by atoms with van der Waals surface area (Å²) in [6.07, 6.45) is -9.31.